The summed E-state index contributed by atoms with van der Waals surface area (Å²) in [5.74, 6) is 1.65. The van der Waals surface area contributed by atoms with Gasteiger partial charge in [-0.15, -0.1) is 0 Å². The van der Waals surface area contributed by atoms with E-state index in [1.165, 1.54) is 0 Å². The Morgan fingerprint density at radius 2 is 1.91 bits per heavy atom. The number of nitrogens with one attached hydrogen (secondary N) is 1. The Labute approximate surface area is 129 Å². The molecule has 0 fully saturated rings. The normalized spacial score (nSPS) is 12.5. The van der Waals surface area contributed by atoms with Crippen LogP contribution in [0, 0.1) is 0 Å². The SMILES string of the molecule is COc1ccc(C(O)CNCc2cc3ccccc3o2)cc1. The van der Waals surface area contributed by atoms with Gasteiger partial charge in [0.15, 0.2) is 0 Å². The number of fused-ring (bicyclic) bond motifs is 1. The molecule has 3 rings (SSSR count). The number of ether oxygens (including phenoxy) is 1. The second-order valence-corrected chi connectivity index (χ2v) is 5.17. The van der Waals surface area contributed by atoms with Crippen molar-refractivity contribution in [2.24, 2.45) is 0 Å². The highest BCUT2D eigenvalue weighted by atomic mass is 16.5. The summed E-state index contributed by atoms with van der Waals surface area (Å²) in [6.45, 7) is 1.05. The van der Waals surface area contributed by atoms with Crippen molar-refractivity contribution in [3.05, 3.63) is 65.9 Å². The molecule has 0 aliphatic rings. The van der Waals surface area contributed by atoms with Crippen molar-refractivity contribution in [1.82, 2.24) is 5.32 Å². The Balaban J connectivity index is 1.55. The molecule has 22 heavy (non-hydrogen) atoms. The molecule has 0 amide bonds. The first kappa shape index (κ1) is 14.6. The Bertz CT molecular complexity index is 700. The highest BCUT2D eigenvalue weighted by Crippen LogP contribution is 2.19. The van der Waals surface area contributed by atoms with E-state index in [1.807, 2.05) is 54.6 Å². The fourth-order valence-electron chi connectivity index (χ4n) is 2.40. The molecule has 0 saturated carbocycles. The number of hydrogen-bond acceptors (Lipinski definition) is 4. The first-order valence-electron chi connectivity index (χ1n) is 7.26. The van der Waals surface area contributed by atoms with Gasteiger partial charge in [-0.2, -0.15) is 0 Å². The summed E-state index contributed by atoms with van der Waals surface area (Å²) >= 11 is 0. The topological polar surface area (TPSA) is 54.6 Å². The maximum absolute atomic E-state index is 10.2. The maximum atomic E-state index is 10.2. The summed E-state index contributed by atoms with van der Waals surface area (Å²) in [5.41, 5.74) is 1.74. The van der Waals surface area contributed by atoms with Gasteiger partial charge in [-0.3, -0.25) is 0 Å². The van der Waals surface area contributed by atoms with Crippen molar-refractivity contribution in [1.29, 1.82) is 0 Å². The predicted molar refractivity (Wildman–Crippen MR) is 85.9 cm³/mol. The van der Waals surface area contributed by atoms with Gasteiger partial charge in [0.1, 0.15) is 17.1 Å². The second kappa shape index (κ2) is 6.64. The number of rotatable bonds is 6. The van der Waals surface area contributed by atoms with E-state index >= 15 is 0 Å². The lowest BCUT2D eigenvalue weighted by Crippen LogP contribution is -2.20. The van der Waals surface area contributed by atoms with Crippen LogP contribution >= 0.6 is 0 Å². The van der Waals surface area contributed by atoms with Crippen LogP contribution in [0.4, 0.5) is 0 Å². The molecule has 2 N–H and O–H groups in total. The van der Waals surface area contributed by atoms with E-state index in [-0.39, 0.29) is 0 Å². The van der Waals surface area contributed by atoms with Gasteiger partial charge in [0.05, 0.1) is 19.8 Å². The Morgan fingerprint density at radius 3 is 2.64 bits per heavy atom. The molecule has 0 aliphatic carbocycles. The molecular formula is C18H19NO3. The zero-order valence-corrected chi connectivity index (χ0v) is 12.5. The second-order valence-electron chi connectivity index (χ2n) is 5.17. The minimum Gasteiger partial charge on any atom is -0.497 e. The third-order valence-electron chi connectivity index (χ3n) is 3.61. The van der Waals surface area contributed by atoms with Crippen molar-refractivity contribution in [3.8, 4) is 5.75 Å². The van der Waals surface area contributed by atoms with Crippen LogP contribution in [0.2, 0.25) is 0 Å². The van der Waals surface area contributed by atoms with E-state index in [4.69, 9.17) is 9.15 Å². The molecule has 4 heteroatoms. The van der Waals surface area contributed by atoms with Crippen LogP contribution in [0.25, 0.3) is 11.0 Å². The number of para-hydroxylation sites is 1. The zero-order valence-electron chi connectivity index (χ0n) is 12.5. The quantitative estimate of drug-likeness (QED) is 0.733. The molecule has 0 aliphatic heterocycles. The average molecular weight is 297 g/mol. The van der Waals surface area contributed by atoms with Crippen molar-refractivity contribution in [2.45, 2.75) is 12.6 Å². The Morgan fingerprint density at radius 1 is 1.14 bits per heavy atom. The van der Waals surface area contributed by atoms with E-state index in [9.17, 15) is 5.11 Å². The highest BCUT2D eigenvalue weighted by Gasteiger charge is 2.08. The molecule has 3 aromatic rings. The van der Waals surface area contributed by atoms with Gasteiger partial charge in [-0.25, -0.2) is 0 Å². The van der Waals surface area contributed by atoms with Crippen LogP contribution in [0.3, 0.4) is 0 Å². The van der Waals surface area contributed by atoms with Crippen LogP contribution in [-0.2, 0) is 6.54 Å². The van der Waals surface area contributed by atoms with Gasteiger partial charge in [0.25, 0.3) is 0 Å². The van der Waals surface area contributed by atoms with Gasteiger partial charge in [-0.05, 0) is 29.8 Å². The molecule has 1 unspecified atom stereocenters. The number of aliphatic hydroxyl groups excluding tert-OH is 1. The first-order valence-corrected chi connectivity index (χ1v) is 7.26. The van der Waals surface area contributed by atoms with E-state index in [0.29, 0.717) is 13.1 Å². The highest BCUT2D eigenvalue weighted by molar-refractivity contribution is 5.77. The number of benzene rings is 2. The van der Waals surface area contributed by atoms with Crippen LogP contribution in [0.15, 0.2) is 59.0 Å². The largest absolute Gasteiger partial charge is 0.497 e. The molecule has 0 bridgehead atoms. The molecule has 114 valence electrons. The van der Waals surface area contributed by atoms with Crippen LogP contribution in [0.5, 0.6) is 5.75 Å². The Kier molecular flexibility index (Phi) is 4.42. The Hall–Kier alpha value is -2.30. The third kappa shape index (κ3) is 3.30. The molecule has 1 heterocycles. The zero-order chi connectivity index (χ0) is 15.4. The lowest BCUT2D eigenvalue weighted by atomic mass is 10.1. The van der Waals surface area contributed by atoms with E-state index in [1.54, 1.807) is 7.11 Å². The maximum Gasteiger partial charge on any atom is 0.134 e. The fourth-order valence-corrected chi connectivity index (χ4v) is 2.40. The van der Waals surface area contributed by atoms with Crippen molar-refractivity contribution >= 4 is 11.0 Å². The predicted octanol–water partition coefficient (Wildman–Crippen LogP) is 3.26. The van der Waals surface area contributed by atoms with Crippen LogP contribution < -0.4 is 10.1 Å². The molecule has 4 nitrogen and oxygen atoms in total. The summed E-state index contributed by atoms with van der Waals surface area (Å²) in [6.07, 6.45) is -0.560. The summed E-state index contributed by atoms with van der Waals surface area (Å²) in [6, 6.07) is 17.4. The standard InChI is InChI=1S/C18H19NO3/c1-21-15-8-6-13(7-9-15)17(20)12-19-11-16-10-14-4-2-3-5-18(14)22-16/h2-10,17,19-20H,11-12H2,1H3. The molecule has 1 aromatic heterocycles. The minimum atomic E-state index is -0.560. The van der Waals surface area contributed by atoms with Gasteiger partial charge >= 0.3 is 0 Å². The van der Waals surface area contributed by atoms with Gasteiger partial charge < -0.3 is 19.6 Å². The summed E-state index contributed by atoms with van der Waals surface area (Å²) in [7, 11) is 1.63. The smallest absolute Gasteiger partial charge is 0.134 e. The number of aliphatic hydroxyl groups is 1. The van der Waals surface area contributed by atoms with E-state index in [2.05, 4.69) is 5.32 Å². The first-order chi connectivity index (χ1) is 10.8. The summed E-state index contributed by atoms with van der Waals surface area (Å²) in [4.78, 5) is 0. The molecule has 0 spiro atoms. The van der Waals surface area contributed by atoms with E-state index < -0.39 is 6.10 Å². The molecule has 0 radical (unpaired) electrons. The number of hydrogen-bond donors (Lipinski definition) is 2. The lowest BCUT2D eigenvalue weighted by Gasteiger charge is -2.12. The van der Waals surface area contributed by atoms with Crippen LogP contribution in [0.1, 0.15) is 17.4 Å². The average Bonchev–Trinajstić information content (AvgIpc) is 2.97. The fraction of sp³-hybridized carbons (Fsp3) is 0.222. The molecular weight excluding hydrogens is 278 g/mol. The van der Waals surface area contributed by atoms with Crippen LogP contribution in [-0.4, -0.2) is 18.8 Å². The summed E-state index contributed by atoms with van der Waals surface area (Å²) in [5, 5.41) is 14.5. The van der Waals surface area contributed by atoms with Gasteiger partial charge in [0.2, 0.25) is 0 Å². The monoisotopic (exact) mass is 297 g/mol. The van der Waals surface area contributed by atoms with Gasteiger partial charge in [-0.1, -0.05) is 30.3 Å². The number of methoxy groups -OCH3 is 1. The molecule has 1 atom stereocenters. The molecule has 0 saturated heterocycles. The van der Waals surface area contributed by atoms with E-state index in [0.717, 1.165) is 28.0 Å². The minimum absolute atomic E-state index is 0.462. The van der Waals surface area contributed by atoms with Crippen molar-refractivity contribution < 1.29 is 14.3 Å². The number of furan rings is 1. The lowest BCUT2D eigenvalue weighted by molar-refractivity contribution is 0.173. The third-order valence-corrected chi connectivity index (χ3v) is 3.61. The summed E-state index contributed by atoms with van der Waals surface area (Å²) < 4.78 is 10.8. The van der Waals surface area contributed by atoms with Gasteiger partial charge in [0, 0.05) is 11.9 Å². The van der Waals surface area contributed by atoms with Crippen molar-refractivity contribution in [2.75, 3.05) is 13.7 Å². The van der Waals surface area contributed by atoms with Crippen molar-refractivity contribution in [3.63, 3.8) is 0 Å². The molecule has 2 aromatic carbocycles.